The van der Waals surface area contributed by atoms with Gasteiger partial charge in [0.2, 0.25) is 5.92 Å². The van der Waals surface area contributed by atoms with Gasteiger partial charge in [-0.05, 0) is 63.8 Å². The molecule has 0 aliphatic heterocycles. The fourth-order valence-corrected chi connectivity index (χ4v) is 5.81. The lowest BCUT2D eigenvalue weighted by molar-refractivity contribution is -0.0495. The first-order chi connectivity index (χ1) is 16.2. The van der Waals surface area contributed by atoms with Crippen molar-refractivity contribution in [1.29, 1.82) is 5.26 Å². The third kappa shape index (κ3) is 7.49. The largest absolute Gasteiger partial charge is 0.598 e. The molecule has 2 atom stereocenters. The number of rotatable bonds is 9. The number of hydrogen-bond acceptors (Lipinski definition) is 5. The van der Waals surface area contributed by atoms with Crippen molar-refractivity contribution in [3.63, 3.8) is 0 Å². The third-order valence-electron chi connectivity index (χ3n) is 6.43. The van der Waals surface area contributed by atoms with E-state index >= 15 is 0 Å². The van der Waals surface area contributed by atoms with E-state index in [1.54, 1.807) is 12.1 Å². The van der Waals surface area contributed by atoms with Crippen molar-refractivity contribution in [3.05, 3.63) is 29.6 Å². The number of benzene rings is 1. The molecular formula is C25H38F2N4O2SSi. The Hall–Kier alpha value is -1.51. The number of nitrogens with one attached hydrogen (secondary N) is 1. The van der Waals surface area contributed by atoms with Gasteiger partial charge in [-0.25, -0.2) is 13.8 Å². The van der Waals surface area contributed by atoms with Gasteiger partial charge in [-0.1, -0.05) is 19.6 Å². The van der Waals surface area contributed by atoms with Gasteiger partial charge in [0.25, 0.3) is 0 Å². The van der Waals surface area contributed by atoms with E-state index in [2.05, 4.69) is 30.4 Å². The van der Waals surface area contributed by atoms with E-state index in [-0.39, 0.29) is 25.5 Å². The molecule has 2 unspecified atom stereocenters. The van der Waals surface area contributed by atoms with Gasteiger partial charge in [-0.3, -0.25) is 0 Å². The molecule has 1 N–H and O–H groups in total. The van der Waals surface area contributed by atoms with Crippen molar-refractivity contribution in [2.45, 2.75) is 95.6 Å². The summed E-state index contributed by atoms with van der Waals surface area (Å²) in [4.78, 5) is 4.85. The summed E-state index contributed by atoms with van der Waals surface area (Å²) in [6, 6.07) is 7.99. The first-order valence-corrected chi connectivity index (χ1v) is 17.1. The lowest BCUT2D eigenvalue weighted by Crippen LogP contribution is -2.45. The monoisotopic (exact) mass is 524 g/mol. The second-order valence-electron chi connectivity index (χ2n) is 11.7. The average molecular weight is 525 g/mol. The molecule has 0 spiro atoms. The first-order valence-electron chi connectivity index (χ1n) is 12.2. The minimum absolute atomic E-state index is 0.145. The number of nitriles is 1. The normalized spacial score (nSPS) is 19.0. The van der Waals surface area contributed by atoms with Crippen LogP contribution >= 0.6 is 0 Å². The molecule has 1 heterocycles. The van der Waals surface area contributed by atoms with Crippen LogP contribution in [0.1, 0.15) is 63.9 Å². The summed E-state index contributed by atoms with van der Waals surface area (Å²) in [6.45, 7) is 13.4. The zero-order chi connectivity index (χ0) is 26.0. The van der Waals surface area contributed by atoms with Crippen molar-refractivity contribution >= 4 is 30.5 Å². The van der Waals surface area contributed by atoms with Gasteiger partial charge in [0.05, 0.1) is 22.7 Å². The van der Waals surface area contributed by atoms with Crippen molar-refractivity contribution in [1.82, 2.24) is 14.3 Å². The number of halogens is 2. The number of fused-ring (bicyclic) bond motifs is 1. The van der Waals surface area contributed by atoms with Crippen LogP contribution in [0.15, 0.2) is 18.2 Å². The van der Waals surface area contributed by atoms with Gasteiger partial charge < -0.3 is 13.9 Å². The molecule has 1 saturated carbocycles. The fraction of sp³-hybridized carbons (Fsp3) is 0.680. The molecule has 2 aromatic rings. The second-order valence-corrected chi connectivity index (χ2v) is 19.4. The van der Waals surface area contributed by atoms with Gasteiger partial charge >= 0.3 is 0 Å². The zero-order valence-corrected chi connectivity index (χ0v) is 23.5. The Morgan fingerprint density at radius 1 is 1.31 bits per heavy atom. The molecule has 1 aromatic heterocycles. The van der Waals surface area contributed by atoms with Crippen molar-refractivity contribution in [2.75, 3.05) is 6.61 Å². The summed E-state index contributed by atoms with van der Waals surface area (Å²) < 4.78 is 51.9. The van der Waals surface area contributed by atoms with Crippen LogP contribution in [-0.2, 0) is 22.8 Å². The van der Waals surface area contributed by atoms with Gasteiger partial charge in [-0.2, -0.15) is 5.26 Å². The van der Waals surface area contributed by atoms with Crippen LogP contribution in [0.5, 0.6) is 0 Å². The Balaban J connectivity index is 2.01. The molecule has 1 fully saturated rings. The highest BCUT2D eigenvalue weighted by Gasteiger charge is 2.42. The minimum Gasteiger partial charge on any atom is -0.598 e. The van der Waals surface area contributed by atoms with Crippen molar-refractivity contribution in [3.8, 4) is 6.07 Å². The van der Waals surface area contributed by atoms with Crippen LogP contribution in [0.25, 0.3) is 11.0 Å². The Morgan fingerprint density at radius 3 is 2.54 bits per heavy atom. The Bertz CT molecular complexity index is 1050. The number of nitrogens with zero attached hydrogens (tertiary/aromatic N) is 3. The summed E-state index contributed by atoms with van der Waals surface area (Å²) >= 11 is -1.42. The number of ether oxygens (including phenoxy) is 1. The maximum Gasteiger partial charge on any atom is 0.248 e. The van der Waals surface area contributed by atoms with Crippen LogP contribution in [-0.4, -0.2) is 39.5 Å². The molecule has 10 heteroatoms. The van der Waals surface area contributed by atoms with Crippen LogP contribution in [0.4, 0.5) is 8.78 Å². The van der Waals surface area contributed by atoms with Crippen LogP contribution in [0.2, 0.25) is 25.7 Å². The predicted octanol–water partition coefficient (Wildman–Crippen LogP) is 6.14. The number of imidazole rings is 1. The molecule has 0 amide bonds. The Morgan fingerprint density at radius 2 is 1.97 bits per heavy atom. The zero-order valence-electron chi connectivity index (χ0n) is 21.7. The minimum atomic E-state index is -2.66. The lowest BCUT2D eigenvalue weighted by Gasteiger charge is -2.35. The summed E-state index contributed by atoms with van der Waals surface area (Å²) in [5, 5.41) is 9.36. The van der Waals surface area contributed by atoms with Crippen molar-refractivity contribution < 1.29 is 18.1 Å². The third-order valence-corrected chi connectivity index (χ3v) is 9.71. The van der Waals surface area contributed by atoms with Gasteiger partial charge in [0.1, 0.15) is 23.3 Å². The van der Waals surface area contributed by atoms with Crippen LogP contribution in [0.3, 0.4) is 0 Å². The fourth-order valence-electron chi connectivity index (χ4n) is 4.17. The first kappa shape index (κ1) is 28.1. The van der Waals surface area contributed by atoms with E-state index in [0.717, 1.165) is 11.6 Å². The molecule has 35 heavy (non-hydrogen) atoms. The van der Waals surface area contributed by atoms with Gasteiger partial charge in [0, 0.05) is 38.9 Å². The second kappa shape index (κ2) is 10.8. The highest BCUT2D eigenvalue weighted by molar-refractivity contribution is 7.90. The standard InChI is InChI=1S/C25H38F2N4O2SSi/c1-24(2,3)34(32)30-22(19-9-11-25(26,27)12-10-19)23-29-20-15-18(16-28)7-8-21(20)31(23)17-33-13-14-35(4,5)6/h7-8,15,19,22,30H,9-14,17H2,1-6H3. The quantitative estimate of drug-likeness (QED) is 0.242. The maximum absolute atomic E-state index is 14.0. The maximum atomic E-state index is 14.0. The number of alkyl halides is 2. The number of aromatic nitrogens is 2. The summed E-state index contributed by atoms with van der Waals surface area (Å²) in [6.07, 6.45) is 0.247. The van der Waals surface area contributed by atoms with Crippen LogP contribution < -0.4 is 4.72 Å². The molecule has 3 rings (SSSR count). The Kier molecular flexibility index (Phi) is 8.70. The lowest BCUT2D eigenvalue weighted by atomic mass is 9.82. The van der Waals surface area contributed by atoms with E-state index < -0.39 is 36.1 Å². The smallest absolute Gasteiger partial charge is 0.248 e. The van der Waals surface area contributed by atoms with Gasteiger partial charge in [-0.15, -0.1) is 4.72 Å². The molecular weight excluding hydrogens is 486 g/mol. The van der Waals surface area contributed by atoms with Crippen molar-refractivity contribution in [2.24, 2.45) is 5.92 Å². The summed E-state index contributed by atoms with van der Waals surface area (Å²) in [5.74, 6) is -2.18. The molecule has 1 aliphatic carbocycles. The van der Waals surface area contributed by atoms with E-state index in [1.165, 1.54) is 0 Å². The molecule has 0 radical (unpaired) electrons. The Labute approximate surface area is 211 Å². The van der Waals surface area contributed by atoms with E-state index in [9.17, 15) is 18.6 Å². The van der Waals surface area contributed by atoms with E-state index in [4.69, 9.17) is 9.72 Å². The molecule has 1 aromatic carbocycles. The molecule has 1 aliphatic rings. The summed E-state index contributed by atoms with van der Waals surface area (Å²) in [5.41, 5.74) is 1.94. The molecule has 0 saturated heterocycles. The number of hydrogen-bond donors (Lipinski definition) is 1. The molecule has 0 bridgehead atoms. The van der Waals surface area contributed by atoms with E-state index in [0.29, 0.717) is 36.4 Å². The van der Waals surface area contributed by atoms with Crippen LogP contribution in [0, 0.1) is 17.2 Å². The topological polar surface area (TPSA) is 85.9 Å². The summed E-state index contributed by atoms with van der Waals surface area (Å²) in [7, 11) is -1.27. The highest BCUT2D eigenvalue weighted by Crippen LogP contribution is 2.42. The van der Waals surface area contributed by atoms with Gasteiger partial charge in [0.15, 0.2) is 0 Å². The molecule has 6 nitrogen and oxygen atoms in total. The molecule has 194 valence electrons. The predicted molar refractivity (Wildman–Crippen MR) is 139 cm³/mol. The van der Waals surface area contributed by atoms with E-state index in [1.807, 2.05) is 31.4 Å². The highest BCUT2D eigenvalue weighted by atomic mass is 32.2. The SMILES string of the molecule is CC(C)(C)[S+]([O-])NC(c1nc2cc(C#N)ccc2n1COCC[Si](C)(C)C)C1CCC(F)(F)CC1. The average Bonchev–Trinajstić information content (AvgIpc) is 3.11.